The molecular formula is C13H17N5OS. The van der Waals surface area contributed by atoms with Crippen molar-refractivity contribution < 1.29 is 4.79 Å². The zero-order valence-electron chi connectivity index (χ0n) is 11.6. The molecule has 106 valence electrons. The van der Waals surface area contributed by atoms with E-state index in [0.29, 0.717) is 24.0 Å². The van der Waals surface area contributed by atoms with Gasteiger partial charge in [0.15, 0.2) is 0 Å². The van der Waals surface area contributed by atoms with Crippen molar-refractivity contribution in [2.45, 2.75) is 18.6 Å². The molecule has 1 aromatic heterocycles. The molecule has 2 rings (SSSR count). The van der Waals surface area contributed by atoms with E-state index in [0.717, 1.165) is 5.56 Å². The monoisotopic (exact) mass is 291 g/mol. The molecule has 6 nitrogen and oxygen atoms in total. The molecule has 0 aliphatic heterocycles. The highest BCUT2D eigenvalue weighted by Crippen LogP contribution is 2.14. The lowest BCUT2D eigenvalue weighted by molar-refractivity contribution is -0.128. The minimum absolute atomic E-state index is 0.0874. The Morgan fingerprint density at radius 2 is 2.10 bits per heavy atom. The Kier molecular flexibility index (Phi) is 5.11. The molecule has 0 unspecified atom stereocenters. The quantitative estimate of drug-likeness (QED) is 0.752. The highest BCUT2D eigenvalue weighted by Gasteiger charge is 2.14. The standard InChI is InChI=1S/C13H17N5OS/c1-3-18(9-11-7-5-4-6-8-11)12(19)10-20-13-14-15-16-17(13)2/h4-8H,3,9-10H2,1-2H3. The Hall–Kier alpha value is -1.89. The first-order valence-corrected chi connectivity index (χ1v) is 7.36. The normalized spacial score (nSPS) is 10.5. The van der Waals surface area contributed by atoms with E-state index in [9.17, 15) is 4.79 Å². The van der Waals surface area contributed by atoms with Crippen molar-refractivity contribution >= 4 is 17.7 Å². The fraction of sp³-hybridized carbons (Fsp3) is 0.385. The van der Waals surface area contributed by atoms with Gasteiger partial charge in [0.1, 0.15) is 0 Å². The van der Waals surface area contributed by atoms with Gasteiger partial charge in [-0.15, -0.1) is 5.10 Å². The number of benzene rings is 1. The van der Waals surface area contributed by atoms with E-state index in [2.05, 4.69) is 15.5 Å². The van der Waals surface area contributed by atoms with Crippen LogP contribution >= 0.6 is 11.8 Å². The summed E-state index contributed by atoms with van der Waals surface area (Å²) in [4.78, 5) is 14.0. The number of tetrazole rings is 1. The van der Waals surface area contributed by atoms with E-state index in [-0.39, 0.29) is 5.91 Å². The molecule has 0 saturated heterocycles. The summed E-state index contributed by atoms with van der Waals surface area (Å²) in [6, 6.07) is 9.98. The lowest BCUT2D eigenvalue weighted by atomic mass is 10.2. The first kappa shape index (κ1) is 14.5. The molecule has 0 fully saturated rings. The van der Waals surface area contributed by atoms with Crippen LogP contribution in [0.25, 0.3) is 0 Å². The van der Waals surface area contributed by atoms with Crippen LogP contribution in [-0.4, -0.2) is 43.3 Å². The van der Waals surface area contributed by atoms with Gasteiger partial charge in [0.05, 0.1) is 5.75 Å². The van der Waals surface area contributed by atoms with E-state index in [4.69, 9.17) is 0 Å². The molecule has 20 heavy (non-hydrogen) atoms. The topological polar surface area (TPSA) is 63.9 Å². The second-order valence-electron chi connectivity index (χ2n) is 4.27. The van der Waals surface area contributed by atoms with Crippen molar-refractivity contribution in [3.05, 3.63) is 35.9 Å². The van der Waals surface area contributed by atoms with Crippen LogP contribution in [0.4, 0.5) is 0 Å². The predicted octanol–water partition coefficient (Wildman–Crippen LogP) is 1.35. The zero-order valence-corrected chi connectivity index (χ0v) is 12.4. The molecule has 7 heteroatoms. The van der Waals surface area contributed by atoms with Crippen molar-refractivity contribution in [3.8, 4) is 0 Å². The molecule has 2 aromatic rings. The van der Waals surface area contributed by atoms with Crippen molar-refractivity contribution in [3.63, 3.8) is 0 Å². The van der Waals surface area contributed by atoms with Crippen LogP contribution in [0.2, 0.25) is 0 Å². The van der Waals surface area contributed by atoms with Crippen LogP contribution in [0, 0.1) is 0 Å². The van der Waals surface area contributed by atoms with E-state index >= 15 is 0 Å². The number of nitrogens with zero attached hydrogens (tertiary/aromatic N) is 5. The largest absolute Gasteiger partial charge is 0.338 e. The molecule has 0 aliphatic carbocycles. The Morgan fingerprint density at radius 3 is 2.70 bits per heavy atom. The summed E-state index contributed by atoms with van der Waals surface area (Å²) in [7, 11) is 1.76. The van der Waals surface area contributed by atoms with Gasteiger partial charge in [-0.05, 0) is 22.9 Å². The molecule has 1 aromatic carbocycles. The Bertz CT molecular complexity index is 557. The van der Waals surface area contributed by atoms with Gasteiger partial charge >= 0.3 is 0 Å². The van der Waals surface area contributed by atoms with Crippen LogP contribution < -0.4 is 0 Å². The van der Waals surface area contributed by atoms with Gasteiger partial charge in [0.25, 0.3) is 0 Å². The van der Waals surface area contributed by atoms with Gasteiger partial charge in [0.2, 0.25) is 11.1 Å². The second-order valence-corrected chi connectivity index (χ2v) is 5.21. The third-order valence-electron chi connectivity index (χ3n) is 2.86. The van der Waals surface area contributed by atoms with Gasteiger partial charge in [-0.2, -0.15) is 0 Å². The number of aryl methyl sites for hydroxylation is 1. The fourth-order valence-electron chi connectivity index (χ4n) is 1.74. The first-order valence-electron chi connectivity index (χ1n) is 6.37. The Balaban J connectivity index is 1.91. The minimum Gasteiger partial charge on any atom is -0.338 e. The molecule has 0 atom stereocenters. The Morgan fingerprint density at radius 1 is 1.35 bits per heavy atom. The van der Waals surface area contributed by atoms with Crippen LogP contribution in [-0.2, 0) is 18.4 Å². The Labute approximate surface area is 122 Å². The molecule has 0 radical (unpaired) electrons. The number of thioether (sulfide) groups is 1. The average molecular weight is 291 g/mol. The molecule has 0 bridgehead atoms. The maximum atomic E-state index is 12.2. The fourth-order valence-corrected chi connectivity index (χ4v) is 2.49. The van der Waals surface area contributed by atoms with Crippen molar-refractivity contribution in [2.75, 3.05) is 12.3 Å². The van der Waals surface area contributed by atoms with Crippen molar-refractivity contribution in [1.29, 1.82) is 0 Å². The summed E-state index contributed by atoms with van der Waals surface area (Å²) in [5, 5.41) is 11.8. The van der Waals surface area contributed by atoms with Gasteiger partial charge < -0.3 is 4.90 Å². The van der Waals surface area contributed by atoms with Gasteiger partial charge in [-0.3, -0.25) is 4.79 Å². The average Bonchev–Trinajstić information content (AvgIpc) is 2.88. The van der Waals surface area contributed by atoms with E-state index < -0.39 is 0 Å². The lowest BCUT2D eigenvalue weighted by Gasteiger charge is -2.20. The summed E-state index contributed by atoms with van der Waals surface area (Å²) in [6.07, 6.45) is 0. The minimum atomic E-state index is 0.0874. The summed E-state index contributed by atoms with van der Waals surface area (Å²) in [6.45, 7) is 3.30. The summed E-state index contributed by atoms with van der Waals surface area (Å²) >= 11 is 1.35. The third kappa shape index (κ3) is 3.80. The smallest absolute Gasteiger partial charge is 0.233 e. The van der Waals surface area contributed by atoms with Crippen LogP contribution in [0.3, 0.4) is 0 Å². The van der Waals surface area contributed by atoms with Gasteiger partial charge in [-0.25, -0.2) is 4.68 Å². The number of hydrogen-bond acceptors (Lipinski definition) is 5. The molecule has 0 aliphatic rings. The first-order chi connectivity index (χ1) is 9.70. The van der Waals surface area contributed by atoms with Crippen LogP contribution in [0.5, 0.6) is 0 Å². The van der Waals surface area contributed by atoms with Crippen molar-refractivity contribution in [1.82, 2.24) is 25.1 Å². The van der Waals surface area contributed by atoms with Gasteiger partial charge in [0, 0.05) is 20.1 Å². The lowest BCUT2D eigenvalue weighted by Crippen LogP contribution is -2.31. The number of amides is 1. The zero-order chi connectivity index (χ0) is 14.4. The third-order valence-corrected chi connectivity index (χ3v) is 3.85. The number of carbonyl (C=O) groups is 1. The molecule has 0 saturated carbocycles. The molecule has 1 heterocycles. The summed E-state index contributed by atoms with van der Waals surface area (Å²) < 4.78 is 1.56. The SMILES string of the molecule is CCN(Cc1ccccc1)C(=O)CSc1nnnn1C. The van der Waals surface area contributed by atoms with Crippen LogP contribution in [0.15, 0.2) is 35.5 Å². The maximum Gasteiger partial charge on any atom is 0.233 e. The predicted molar refractivity (Wildman–Crippen MR) is 77.1 cm³/mol. The van der Waals surface area contributed by atoms with Crippen LogP contribution in [0.1, 0.15) is 12.5 Å². The van der Waals surface area contributed by atoms with E-state index in [1.165, 1.54) is 11.8 Å². The molecule has 0 N–H and O–H groups in total. The molecular weight excluding hydrogens is 274 g/mol. The highest BCUT2D eigenvalue weighted by molar-refractivity contribution is 7.99. The summed E-state index contributed by atoms with van der Waals surface area (Å²) in [5.41, 5.74) is 1.13. The number of hydrogen-bond donors (Lipinski definition) is 0. The van der Waals surface area contributed by atoms with Gasteiger partial charge in [-0.1, -0.05) is 42.1 Å². The number of aromatic nitrogens is 4. The number of rotatable bonds is 6. The molecule has 1 amide bonds. The van der Waals surface area contributed by atoms with E-state index in [1.807, 2.05) is 42.2 Å². The number of carbonyl (C=O) groups excluding carboxylic acids is 1. The van der Waals surface area contributed by atoms with E-state index in [1.54, 1.807) is 11.7 Å². The van der Waals surface area contributed by atoms with Crippen molar-refractivity contribution in [2.24, 2.45) is 7.05 Å². The summed E-state index contributed by atoms with van der Waals surface area (Å²) in [5.74, 6) is 0.430. The maximum absolute atomic E-state index is 12.2. The molecule has 0 spiro atoms. The second kappa shape index (κ2) is 7.04. The highest BCUT2D eigenvalue weighted by atomic mass is 32.2.